The zero-order chi connectivity index (χ0) is 27.2. The van der Waals surface area contributed by atoms with Gasteiger partial charge in [0.25, 0.3) is 0 Å². The van der Waals surface area contributed by atoms with Crippen molar-refractivity contribution in [1.82, 2.24) is 9.97 Å². The first kappa shape index (κ1) is 23.4. The van der Waals surface area contributed by atoms with Crippen molar-refractivity contribution in [2.45, 2.75) is 0 Å². The van der Waals surface area contributed by atoms with Gasteiger partial charge in [0.2, 0.25) is 5.71 Å². The molecule has 3 heteroatoms. The molecular formula is C38H24N2O. The van der Waals surface area contributed by atoms with Gasteiger partial charge in [-0.05, 0) is 57.3 Å². The van der Waals surface area contributed by atoms with E-state index < -0.39 is 0 Å². The predicted octanol–water partition coefficient (Wildman–Crippen LogP) is 10.2. The van der Waals surface area contributed by atoms with E-state index in [0.717, 1.165) is 55.1 Å². The van der Waals surface area contributed by atoms with Crippen molar-refractivity contribution in [2.75, 3.05) is 0 Å². The van der Waals surface area contributed by atoms with E-state index in [1.165, 1.54) is 11.1 Å². The van der Waals surface area contributed by atoms with Gasteiger partial charge in [-0.15, -0.1) is 0 Å². The second-order valence-electron chi connectivity index (χ2n) is 10.3. The average molecular weight is 525 g/mol. The molecular weight excluding hydrogens is 500 g/mol. The Labute approximate surface area is 237 Å². The van der Waals surface area contributed by atoms with Crippen LogP contribution in [0.4, 0.5) is 0 Å². The molecule has 8 rings (SSSR count). The van der Waals surface area contributed by atoms with Crippen molar-refractivity contribution in [1.29, 1.82) is 0 Å². The maximum atomic E-state index is 6.41. The molecule has 0 unspecified atom stereocenters. The lowest BCUT2D eigenvalue weighted by Gasteiger charge is -2.09. The van der Waals surface area contributed by atoms with Crippen molar-refractivity contribution in [3.8, 4) is 44.9 Å². The first-order chi connectivity index (χ1) is 20.3. The summed E-state index contributed by atoms with van der Waals surface area (Å²) in [7, 11) is 0. The van der Waals surface area contributed by atoms with Crippen LogP contribution in [0.1, 0.15) is 0 Å². The maximum absolute atomic E-state index is 6.41. The minimum Gasteiger partial charge on any atom is -0.438 e. The van der Waals surface area contributed by atoms with Gasteiger partial charge in [-0.1, -0.05) is 121 Å². The molecule has 3 nitrogen and oxygen atoms in total. The summed E-state index contributed by atoms with van der Waals surface area (Å²) in [6.07, 6.45) is 0. The minimum absolute atomic E-state index is 0.593. The third-order valence-electron chi connectivity index (χ3n) is 7.67. The van der Waals surface area contributed by atoms with E-state index in [0.29, 0.717) is 11.5 Å². The van der Waals surface area contributed by atoms with E-state index in [1.54, 1.807) is 0 Å². The number of benzene rings is 6. The molecule has 0 aliphatic heterocycles. The number of nitrogens with zero attached hydrogens (tertiary/aromatic N) is 2. The fourth-order valence-corrected chi connectivity index (χ4v) is 5.64. The number of fused-ring (bicyclic) bond motifs is 4. The van der Waals surface area contributed by atoms with Gasteiger partial charge in [0.15, 0.2) is 5.82 Å². The van der Waals surface area contributed by atoms with Crippen LogP contribution >= 0.6 is 0 Å². The van der Waals surface area contributed by atoms with E-state index in [9.17, 15) is 0 Å². The lowest BCUT2D eigenvalue weighted by Crippen LogP contribution is -1.94. The standard InChI is InChI=1S/C38H24N2O/c1-3-11-25(12-4-1)27-17-9-18-28(21-27)29-19-10-20-32(22-29)37-39-36(26-13-5-2-6-14-26)35-33-23-30-15-7-8-16-31(30)24-34(33)41-38(35)40-37/h1-24H. The lowest BCUT2D eigenvalue weighted by atomic mass is 9.98. The first-order valence-corrected chi connectivity index (χ1v) is 13.7. The SMILES string of the molecule is c1ccc(-c2cccc(-c3cccc(-c4nc(-c5ccccc5)c5c(n4)oc4cc6ccccc6cc45)c3)c2)cc1. The van der Waals surface area contributed by atoms with Gasteiger partial charge in [0.1, 0.15) is 5.58 Å². The normalized spacial score (nSPS) is 11.4. The number of furan rings is 1. The molecule has 8 aromatic rings. The van der Waals surface area contributed by atoms with Crippen molar-refractivity contribution < 1.29 is 4.42 Å². The largest absolute Gasteiger partial charge is 0.438 e. The van der Waals surface area contributed by atoms with Gasteiger partial charge in [0, 0.05) is 16.5 Å². The molecule has 0 bridgehead atoms. The zero-order valence-electron chi connectivity index (χ0n) is 22.2. The summed E-state index contributed by atoms with van der Waals surface area (Å²) in [5.74, 6) is 0.640. The molecule has 0 fully saturated rings. The van der Waals surface area contributed by atoms with Gasteiger partial charge in [-0.25, -0.2) is 4.98 Å². The van der Waals surface area contributed by atoms with Crippen LogP contribution < -0.4 is 0 Å². The van der Waals surface area contributed by atoms with Crippen molar-refractivity contribution in [2.24, 2.45) is 0 Å². The molecule has 0 aliphatic carbocycles. The zero-order valence-corrected chi connectivity index (χ0v) is 22.2. The summed E-state index contributed by atoms with van der Waals surface area (Å²) in [5.41, 5.74) is 8.90. The van der Waals surface area contributed by atoms with Crippen LogP contribution in [0, 0.1) is 0 Å². The summed E-state index contributed by atoms with van der Waals surface area (Å²) in [6, 6.07) is 50.5. The monoisotopic (exact) mass is 524 g/mol. The van der Waals surface area contributed by atoms with Gasteiger partial charge in [0.05, 0.1) is 11.1 Å². The Hall–Kier alpha value is -5.54. The highest BCUT2D eigenvalue weighted by molar-refractivity contribution is 6.14. The topological polar surface area (TPSA) is 38.9 Å². The molecule has 0 atom stereocenters. The number of rotatable bonds is 4. The maximum Gasteiger partial charge on any atom is 0.231 e. The highest BCUT2D eigenvalue weighted by Crippen LogP contribution is 2.38. The Kier molecular flexibility index (Phi) is 5.46. The van der Waals surface area contributed by atoms with Crippen LogP contribution in [-0.4, -0.2) is 9.97 Å². The molecule has 0 N–H and O–H groups in total. The van der Waals surface area contributed by atoms with Crippen LogP contribution in [0.15, 0.2) is 150 Å². The van der Waals surface area contributed by atoms with Crippen LogP contribution in [0.2, 0.25) is 0 Å². The summed E-state index contributed by atoms with van der Waals surface area (Å²) in [6.45, 7) is 0. The Balaban J connectivity index is 1.31. The summed E-state index contributed by atoms with van der Waals surface area (Å²) in [5, 5.41) is 4.26. The Bertz CT molecular complexity index is 2200. The third-order valence-corrected chi connectivity index (χ3v) is 7.67. The lowest BCUT2D eigenvalue weighted by molar-refractivity contribution is 0.654. The van der Waals surface area contributed by atoms with Crippen LogP contribution in [0.25, 0.3) is 77.7 Å². The van der Waals surface area contributed by atoms with E-state index in [1.807, 2.05) is 30.3 Å². The number of hydrogen-bond acceptors (Lipinski definition) is 3. The molecule has 41 heavy (non-hydrogen) atoms. The molecule has 0 radical (unpaired) electrons. The molecule has 192 valence electrons. The molecule has 2 heterocycles. The van der Waals surface area contributed by atoms with Gasteiger partial charge in [-0.2, -0.15) is 4.98 Å². The second kappa shape index (κ2) is 9.58. The van der Waals surface area contributed by atoms with Crippen molar-refractivity contribution in [3.63, 3.8) is 0 Å². The van der Waals surface area contributed by atoms with Crippen LogP contribution in [-0.2, 0) is 0 Å². The number of aromatic nitrogens is 2. The molecule has 6 aromatic carbocycles. The minimum atomic E-state index is 0.593. The van der Waals surface area contributed by atoms with E-state index in [2.05, 4.69) is 115 Å². The van der Waals surface area contributed by atoms with Crippen LogP contribution in [0.5, 0.6) is 0 Å². The summed E-state index contributed by atoms with van der Waals surface area (Å²) in [4.78, 5) is 10.2. The Morgan fingerprint density at radius 1 is 0.415 bits per heavy atom. The Morgan fingerprint density at radius 2 is 0.951 bits per heavy atom. The fourth-order valence-electron chi connectivity index (χ4n) is 5.64. The molecule has 0 saturated heterocycles. The number of hydrogen-bond donors (Lipinski definition) is 0. The van der Waals surface area contributed by atoms with Crippen LogP contribution in [0.3, 0.4) is 0 Å². The van der Waals surface area contributed by atoms with E-state index >= 15 is 0 Å². The quantitative estimate of drug-likeness (QED) is 0.230. The Morgan fingerprint density at radius 3 is 1.66 bits per heavy atom. The smallest absolute Gasteiger partial charge is 0.231 e. The summed E-state index contributed by atoms with van der Waals surface area (Å²) >= 11 is 0. The highest BCUT2D eigenvalue weighted by Gasteiger charge is 2.19. The third kappa shape index (κ3) is 4.16. The summed E-state index contributed by atoms with van der Waals surface area (Å²) < 4.78 is 6.41. The molecule has 0 aliphatic rings. The fraction of sp³-hybridized carbons (Fsp3) is 0. The van der Waals surface area contributed by atoms with Gasteiger partial charge < -0.3 is 4.42 Å². The molecule has 2 aromatic heterocycles. The van der Waals surface area contributed by atoms with E-state index in [4.69, 9.17) is 14.4 Å². The van der Waals surface area contributed by atoms with Crippen molar-refractivity contribution in [3.05, 3.63) is 146 Å². The molecule has 0 amide bonds. The molecule has 0 saturated carbocycles. The second-order valence-corrected chi connectivity index (χ2v) is 10.3. The van der Waals surface area contributed by atoms with Crippen molar-refractivity contribution >= 4 is 32.8 Å². The van der Waals surface area contributed by atoms with Gasteiger partial charge >= 0.3 is 0 Å². The van der Waals surface area contributed by atoms with E-state index in [-0.39, 0.29) is 0 Å². The van der Waals surface area contributed by atoms with Gasteiger partial charge in [-0.3, -0.25) is 0 Å². The molecule has 0 spiro atoms. The average Bonchev–Trinajstić information content (AvgIpc) is 3.41. The predicted molar refractivity (Wildman–Crippen MR) is 169 cm³/mol. The highest BCUT2D eigenvalue weighted by atomic mass is 16.3. The first-order valence-electron chi connectivity index (χ1n) is 13.7.